The van der Waals surface area contributed by atoms with E-state index in [9.17, 15) is 5.11 Å². The van der Waals surface area contributed by atoms with Crippen molar-refractivity contribution in [3.63, 3.8) is 0 Å². The van der Waals surface area contributed by atoms with Crippen LogP contribution in [0.5, 0.6) is 0 Å². The third-order valence-corrected chi connectivity index (χ3v) is 4.05. The average molecular weight is 247 g/mol. The Morgan fingerprint density at radius 1 is 1.31 bits per heavy atom. The number of nitrogens with one attached hydrogen (secondary N) is 1. The van der Waals surface area contributed by atoms with Crippen molar-refractivity contribution in [2.45, 2.75) is 64.2 Å². The molecule has 0 aromatic carbocycles. The van der Waals surface area contributed by atoms with Crippen molar-refractivity contribution in [1.29, 1.82) is 0 Å². The number of aliphatic hydroxyl groups is 1. The Morgan fingerprint density at radius 3 is 2.50 bits per heavy atom. The van der Waals surface area contributed by atoms with Crippen LogP contribution in [-0.4, -0.2) is 34.8 Å². The fourth-order valence-electron chi connectivity index (χ4n) is 1.74. The predicted octanol–water partition coefficient (Wildman–Crippen LogP) is 3.05. The number of rotatable bonds is 10. The monoisotopic (exact) mass is 247 g/mol. The molecule has 2 atom stereocenters. The molecule has 16 heavy (non-hydrogen) atoms. The molecule has 0 aliphatic heterocycles. The second-order valence-electron chi connectivity index (χ2n) is 4.88. The first-order chi connectivity index (χ1) is 7.58. The minimum atomic E-state index is -0.103. The van der Waals surface area contributed by atoms with E-state index in [1.54, 1.807) is 0 Å². The lowest BCUT2D eigenvalue weighted by Gasteiger charge is -2.31. The standard InChI is InChI=1S/C13H29NOS/c1-5-7-9-16-12(3)10-13(4,11-15)14-8-6-2/h12,14-15H,5-11H2,1-4H3. The van der Waals surface area contributed by atoms with Crippen molar-refractivity contribution in [2.75, 3.05) is 18.9 Å². The quantitative estimate of drug-likeness (QED) is 0.582. The van der Waals surface area contributed by atoms with Gasteiger partial charge in [-0.3, -0.25) is 0 Å². The van der Waals surface area contributed by atoms with E-state index in [0.29, 0.717) is 5.25 Å². The molecule has 0 aliphatic carbocycles. The number of hydrogen-bond donors (Lipinski definition) is 2. The van der Waals surface area contributed by atoms with Crippen LogP contribution in [-0.2, 0) is 0 Å². The molecule has 98 valence electrons. The summed E-state index contributed by atoms with van der Waals surface area (Å²) in [7, 11) is 0. The molecule has 0 saturated heterocycles. The average Bonchev–Trinajstić information content (AvgIpc) is 2.27. The third-order valence-electron chi connectivity index (χ3n) is 2.79. The summed E-state index contributed by atoms with van der Waals surface area (Å²) in [6, 6.07) is 0. The molecular weight excluding hydrogens is 218 g/mol. The van der Waals surface area contributed by atoms with Crippen LogP contribution in [0.2, 0.25) is 0 Å². The van der Waals surface area contributed by atoms with Gasteiger partial charge in [0, 0.05) is 10.8 Å². The molecular formula is C13H29NOS. The van der Waals surface area contributed by atoms with Crippen molar-refractivity contribution < 1.29 is 5.11 Å². The molecule has 0 bridgehead atoms. The van der Waals surface area contributed by atoms with Crippen LogP contribution in [0, 0.1) is 0 Å². The van der Waals surface area contributed by atoms with Crippen molar-refractivity contribution in [3.05, 3.63) is 0 Å². The van der Waals surface area contributed by atoms with Gasteiger partial charge in [0.15, 0.2) is 0 Å². The summed E-state index contributed by atoms with van der Waals surface area (Å²) in [5, 5.41) is 13.5. The molecule has 0 aromatic heterocycles. The second kappa shape index (κ2) is 9.32. The van der Waals surface area contributed by atoms with Crippen LogP contribution in [0.25, 0.3) is 0 Å². The van der Waals surface area contributed by atoms with Gasteiger partial charge in [0.1, 0.15) is 0 Å². The lowest BCUT2D eigenvalue weighted by Crippen LogP contribution is -2.47. The molecule has 0 spiro atoms. The number of unbranched alkanes of at least 4 members (excludes halogenated alkanes) is 1. The van der Waals surface area contributed by atoms with Gasteiger partial charge in [-0.1, -0.05) is 27.2 Å². The van der Waals surface area contributed by atoms with Gasteiger partial charge >= 0.3 is 0 Å². The van der Waals surface area contributed by atoms with E-state index >= 15 is 0 Å². The fourth-order valence-corrected chi connectivity index (χ4v) is 3.09. The molecule has 0 rings (SSSR count). The predicted molar refractivity (Wildman–Crippen MR) is 75.2 cm³/mol. The Hall–Kier alpha value is 0.270. The van der Waals surface area contributed by atoms with Crippen LogP contribution >= 0.6 is 11.8 Å². The van der Waals surface area contributed by atoms with Crippen LogP contribution in [0.3, 0.4) is 0 Å². The summed E-state index contributed by atoms with van der Waals surface area (Å²) >= 11 is 2.03. The Bertz CT molecular complexity index is 166. The summed E-state index contributed by atoms with van der Waals surface area (Å²) in [5.74, 6) is 1.24. The first-order valence-corrected chi connectivity index (χ1v) is 7.60. The smallest absolute Gasteiger partial charge is 0.0611 e. The Labute approximate surface area is 106 Å². The summed E-state index contributed by atoms with van der Waals surface area (Å²) in [4.78, 5) is 0. The molecule has 2 nitrogen and oxygen atoms in total. The SMILES string of the molecule is CCCCSC(C)CC(C)(CO)NCCC. The topological polar surface area (TPSA) is 32.3 Å². The largest absolute Gasteiger partial charge is 0.394 e. The first kappa shape index (κ1) is 16.3. The maximum atomic E-state index is 9.46. The summed E-state index contributed by atoms with van der Waals surface area (Å²) in [6.07, 6.45) is 4.73. The fraction of sp³-hybridized carbons (Fsp3) is 1.00. The van der Waals surface area contributed by atoms with E-state index < -0.39 is 0 Å². The number of aliphatic hydroxyl groups excluding tert-OH is 1. The van der Waals surface area contributed by atoms with Crippen molar-refractivity contribution >= 4 is 11.8 Å². The minimum absolute atomic E-state index is 0.103. The summed E-state index contributed by atoms with van der Waals surface area (Å²) in [5.41, 5.74) is -0.103. The molecule has 0 radical (unpaired) electrons. The zero-order chi connectivity index (χ0) is 12.4. The molecule has 2 N–H and O–H groups in total. The summed E-state index contributed by atoms with van der Waals surface area (Å²) < 4.78 is 0. The van der Waals surface area contributed by atoms with E-state index in [4.69, 9.17) is 0 Å². The van der Waals surface area contributed by atoms with E-state index in [-0.39, 0.29) is 12.1 Å². The van der Waals surface area contributed by atoms with E-state index in [2.05, 4.69) is 33.0 Å². The van der Waals surface area contributed by atoms with Gasteiger partial charge in [0.25, 0.3) is 0 Å². The highest BCUT2D eigenvalue weighted by Crippen LogP contribution is 2.22. The highest BCUT2D eigenvalue weighted by Gasteiger charge is 2.24. The zero-order valence-corrected chi connectivity index (χ0v) is 12.2. The molecule has 0 fully saturated rings. The van der Waals surface area contributed by atoms with Crippen LogP contribution in [0.4, 0.5) is 0 Å². The Balaban J connectivity index is 3.89. The van der Waals surface area contributed by atoms with Gasteiger partial charge in [-0.05, 0) is 38.5 Å². The van der Waals surface area contributed by atoms with Crippen LogP contribution in [0.1, 0.15) is 53.4 Å². The number of hydrogen-bond acceptors (Lipinski definition) is 3. The molecule has 0 aromatic rings. The molecule has 3 heteroatoms. The third kappa shape index (κ3) is 7.53. The van der Waals surface area contributed by atoms with Gasteiger partial charge in [-0.15, -0.1) is 0 Å². The maximum absolute atomic E-state index is 9.46. The van der Waals surface area contributed by atoms with Crippen molar-refractivity contribution in [1.82, 2.24) is 5.32 Å². The second-order valence-corrected chi connectivity index (χ2v) is 6.43. The van der Waals surface area contributed by atoms with Gasteiger partial charge in [-0.25, -0.2) is 0 Å². The molecule has 0 aliphatic rings. The normalized spacial score (nSPS) is 17.1. The zero-order valence-electron chi connectivity index (χ0n) is 11.4. The highest BCUT2D eigenvalue weighted by atomic mass is 32.2. The van der Waals surface area contributed by atoms with Crippen molar-refractivity contribution in [2.24, 2.45) is 0 Å². The number of thioether (sulfide) groups is 1. The van der Waals surface area contributed by atoms with Gasteiger partial charge in [0.05, 0.1) is 6.61 Å². The summed E-state index contributed by atoms with van der Waals surface area (Å²) in [6.45, 7) is 9.99. The molecule has 2 unspecified atom stereocenters. The molecule has 0 saturated carbocycles. The first-order valence-electron chi connectivity index (χ1n) is 6.55. The maximum Gasteiger partial charge on any atom is 0.0611 e. The molecule has 0 heterocycles. The van der Waals surface area contributed by atoms with Gasteiger partial charge < -0.3 is 10.4 Å². The Morgan fingerprint density at radius 2 is 2.00 bits per heavy atom. The van der Waals surface area contributed by atoms with Crippen LogP contribution in [0.15, 0.2) is 0 Å². The van der Waals surface area contributed by atoms with E-state index in [0.717, 1.165) is 19.4 Å². The van der Waals surface area contributed by atoms with Crippen LogP contribution < -0.4 is 5.32 Å². The lowest BCUT2D eigenvalue weighted by atomic mass is 9.97. The Kier molecular flexibility index (Phi) is 9.47. The van der Waals surface area contributed by atoms with E-state index in [1.165, 1.54) is 18.6 Å². The van der Waals surface area contributed by atoms with E-state index in [1.807, 2.05) is 11.8 Å². The van der Waals surface area contributed by atoms with Gasteiger partial charge in [0.2, 0.25) is 0 Å². The van der Waals surface area contributed by atoms with Crippen molar-refractivity contribution in [3.8, 4) is 0 Å². The lowest BCUT2D eigenvalue weighted by molar-refractivity contribution is 0.166. The highest BCUT2D eigenvalue weighted by molar-refractivity contribution is 7.99. The molecule has 0 amide bonds. The van der Waals surface area contributed by atoms with Gasteiger partial charge in [-0.2, -0.15) is 11.8 Å². The minimum Gasteiger partial charge on any atom is -0.394 e.